The smallest absolute Gasteiger partial charge is 0.0483 e. The Morgan fingerprint density at radius 1 is 1.17 bits per heavy atom. The van der Waals surface area contributed by atoms with E-state index in [4.69, 9.17) is 5.11 Å². The van der Waals surface area contributed by atoms with Crippen LogP contribution < -0.4 is 0 Å². The zero-order chi connectivity index (χ0) is 3.58. The standard InChI is InChI=1S/C3H8O.2ClH/c1-3(2)4;;/h3-4H,1-2H3;2*1H. The van der Waals surface area contributed by atoms with Gasteiger partial charge in [-0.1, -0.05) is 0 Å². The van der Waals surface area contributed by atoms with Crippen LogP contribution in [0.5, 0.6) is 0 Å². The van der Waals surface area contributed by atoms with Crippen LogP contribution in [0.15, 0.2) is 0 Å². The van der Waals surface area contributed by atoms with Gasteiger partial charge in [0, 0.05) is 6.10 Å². The highest BCUT2D eigenvalue weighted by molar-refractivity contribution is 5.85. The molecule has 0 aliphatic rings. The molecule has 1 N–H and O–H groups in total. The van der Waals surface area contributed by atoms with Crippen LogP contribution in [0.4, 0.5) is 0 Å². The van der Waals surface area contributed by atoms with Crippen LogP contribution in [-0.2, 0) is 0 Å². The van der Waals surface area contributed by atoms with Crippen LogP contribution in [0, 0.1) is 0 Å². The van der Waals surface area contributed by atoms with Gasteiger partial charge in [-0.15, -0.1) is 24.8 Å². The summed E-state index contributed by atoms with van der Waals surface area (Å²) in [5, 5.41) is 8.06. The Labute approximate surface area is 50.6 Å². The molecule has 0 aliphatic carbocycles. The topological polar surface area (TPSA) is 20.2 Å². The molecule has 0 fully saturated rings. The molecule has 0 aromatic heterocycles. The Morgan fingerprint density at radius 2 is 1.17 bits per heavy atom. The molecular weight excluding hydrogens is 123 g/mol. The van der Waals surface area contributed by atoms with E-state index in [0.29, 0.717) is 0 Å². The van der Waals surface area contributed by atoms with Gasteiger partial charge in [0.05, 0.1) is 0 Å². The van der Waals surface area contributed by atoms with Crippen LogP contribution in [0.3, 0.4) is 0 Å². The molecule has 0 bridgehead atoms. The first-order chi connectivity index (χ1) is 1.73. The van der Waals surface area contributed by atoms with Crippen molar-refractivity contribution in [2.75, 3.05) is 0 Å². The molecule has 0 aromatic carbocycles. The summed E-state index contributed by atoms with van der Waals surface area (Å²) in [5.74, 6) is 0. The van der Waals surface area contributed by atoms with Gasteiger partial charge in [0.15, 0.2) is 0 Å². The van der Waals surface area contributed by atoms with Crippen molar-refractivity contribution in [3.8, 4) is 0 Å². The summed E-state index contributed by atoms with van der Waals surface area (Å²) in [6.07, 6.45) is -0.167. The third-order valence-corrected chi connectivity index (χ3v) is 0. The maximum atomic E-state index is 8.06. The minimum absolute atomic E-state index is 0. The van der Waals surface area contributed by atoms with Crippen LogP contribution in [-0.4, -0.2) is 11.2 Å². The van der Waals surface area contributed by atoms with Crippen molar-refractivity contribution >= 4 is 24.8 Å². The highest BCUT2D eigenvalue weighted by Gasteiger charge is 1.69. The molecule has 0 atom stereocenters. The van der Waals surface area contributed by atoms with Crippen molar-refractivity contribution in [2.24, 2.45) is 0 Å². The molecule has 6 heavy (non-hydrogen) atoms. The molecule has 0 aliphatic heterocycles. The Bertz CT molecular complexity index is 13.5. The fourth-order valence-corrected chi connectivity index (χ4v) is 0. The summed E-state index contributed by atoms with van der Waals surface area (Å²) in [4.78, 5) is 0. The number of rotatable bonds is 0. The highest BCUT2D eigenvalue weighted by Crippen LogP contribution is 1.65. The molecule has 0 unspecified atom stereocenters. The summed E-state index contributed by atoms with van der Waals surface area (Å²) < 4.78 is 0. The van der Waals surface area contributed by atoms with E-state index >= 15 is 0 Å². The largest absolute Gasteiger partial charge is 0.394 e. The maximum absolute atomic E-state index is 8.06. The first-order valence-corrected chi connectivity index (χ1v) is 1.41. The van der Waals surface area contributed by atoms with E-state index < -0.39 is 0 Å². The van der Waals surface area contributed by atoms with Crippen LogP contribution in [0.25, 0.3) is 0 Å². The average molecular weight is 133 g/mol. The van der Waals surface area contributed by atoms with Crippen molar-refractivity contribution in [1.29, 1.82) is 0 Å². The summed E-state index contributed by atoms with van der Waals surface area (Å²) in [7, 11) is 0. The van der Waals surface area contributed by atoms with Crippen LogP contribution in [0.1, 0.15) is 13.8 Å². The summed E-state index contributed by atoms with van der Waals surface area (Å²) >= 11 is 0. The normalized spacial score (nSPS) is 6.00. The predicted molar refractivity (Wildman–Crippen MR) is 31.9 cm³/mol. The molecule has 0 saturated carbocycles. The average Bonchev–Trinajstić information content (AvgIpc) is 0.811. The molecular formula is C3H10Cl2O. The number of hydrogen-bond donors (Lipinski definition) is 1. The van der Waals surface area contributed by atoms with Crippen LogP contribution in [0.2, 0.25) is 0 Å². The molecule has 0 saturated heterocycles. The number of aliphatic hydroxyl groups excluding tert-OH is 1. The van der Waals surface area contributed by atoms with E-state index in [0.717, 1.165) is 0 Å². The third kappa shape index (κ3) is 195. The summed E-state index contributed by atoms with van der Waals surface area (Å²) in [6.45, 7) is 3.44. The van der Waals surface area contributed by atoms with Gasteiger partial charge in [-0.3, -0.25) is 0 Å². The van der Waals surface area contributed by atoms with Crippen molar-refractivity contribution in [1.82, 2.24) is 0 Å². The molecule has 0 aromatic rings. The van der Waals surface area contributed by atoms with Crippen molar-refractivity contribution in [3.63, 3.8) is 0 Å². The lowest BCUT2D eigenvalue weighted by molar-refractivity contribution is 0.216. The molecule has 0 heterocycles. The van der Waals surface area contributed by atoms with Crippen LogP contribution >= 0.6 is 24.8 Å². The highest BCUT2D eigenvalue weighted by atomic mass is 35.5. The fraction of sp³-hybridized carbons (Fsp3) is 1.00. The Morgan fingerprint density at radius 3 is 1.17 bits per heavy atom. The van der Waals surface area contributed by atoms with Gasteiger partial charge in [0.1, 0.15) is 0 Å². The minimum Gasteiger partial charge on any atom is -0.394 e. The van der Waals surface area contributed by atoms with Gasteiger partial charge >= 0.3 is 0 Å². The summed E-state index contributed by atoms with van der Waals surface area (Å²) in [5.41, 5.74) is 0. The molecule has 0 rings (SSSR count). The zero-order valence-corrected chi connectivity index (χ0v) is 5.47. The van der Waals surface area contributed by atoms with E-state index in [2.05, 4.69) is 0 Å². The second kappa shape index (κ2) is 9.11. The van der Waals surface area contributed by atoms with Crippen molar-refractivity contribution < 1.29 is 5.11 Å². The second-order valence-electron chi connectivity index (χ2n) is 1.09. The summed E-state index contributed by atoms with van der Waals surface area (Å²) in [6, 6.07) is 0. The Balaban J connectivity index is -0.0000000450. The monoisotopic (exact) mass is 132 g/mol. The molecule has 0 radical (unpaired) electrons. The van der Waals surface area contributed by atoms with E-state index in [1.54, 1.807) is 13.8 Å². The first kappa shape index (κ1) is 16.0. The Hall–Kier alpha value is 0.540. The van der Waals surface area contributed by atoms with Gasteiger partial charge in [0.25, 0.3) is 0 Å². The molecule has 0 amide bonds. The third-order valence-electron chi connectivity index (χ3n) is 0. The van der Waals surface area contributed by atoms with Crippen molar-refractivity contribution in [2.45, 2.75) is 20.0 Å². The van der Waals surface area contributed by atoms with Gasteiger partial charge in [-0.2, -0.15) is 0 Å². The van der Waals surface area contributed by atoms with E-state index in [9.17, 15) is 0 Å². The fourth-order valence-electron chi connectivity index (χ4n) is 0. The van der Waals surface area contributed by atoms with E-state index in [1.165, 1.54) is 0 Å². The van der Waals surface area contributed by atoms with E-state index in [-0.39, 0.29) is 30.9 Å². The predicted octanol–water partition coefficient (Wildman–Crippen LogP) is 1.23. The lowest BCUT2D eigenvalue weighted by Crippen LogP contribution is -1.85. The van der Waals surface area contributed by atoms with Gasteiger partial charge in [0.2, 0.25) is 0 Å². The zero-order valence-electron chi connectivity index (χ0n) is 3.84. The SMILES string of the molecule is CC(C)O.Cl.Cl. The number of aliphatic hydroxyl groups is 1. The number of halogens is 2. The van der Waals surface area contributed by atoms with E-state index in [1.807, 2.05) is 0 Å². The molecule has 1 nitrogen and oxygen atoms in total. The molecule has 3 heteroatoms. The molecule has 42 valence electrons. The maximum Gasteiger partial charge on any atom is 0.0483 e. The van der Waals surface area contributed by atoms with Gasteiger partial charge in [-0.05, 0) is 13.8 Å². The lowest BCUT2D eigenvalue weighted by atomic mass is 10.5. The van der Waals surface area contributed by atoms with Gasteiger partial charge < -0.3 is 5.11 Å². The quantitative estimate of drug-likeness (QED) is 0.526. The number of hydrogen-bond acceptors (Lipinski definition) is 1. The second-order valence-corrected chi connectivity index (χ2v) is 1.09. The minimum atomic E-state index is -0.167. The lowest BCUT2D eigenvalue weighted by Gasteiger charge is -1.80. The van der Waals surface area contributed by atoms with Crippen molar-refractivity contribution in [3.05, 3.63) is 0 Å². The first-order valence-electron chi connectivity index (χ1n) is 1.41. The molecule has 0 spiro atoms. The Kier molecular flexibility index (Phi) is 24.3. The van der Waals surface area contributed by atoms with Gasteiger partial charge in [-0.25, -0.2) is 0 Å².